The van der Waals surface area contributed by atoms with Gasteiger partial charge in [-0.1, -0.05) is 48.0 Å². The van der Waals surface area contributed by atoms with Crippen molar-refractivity contribution in [3.63, 3.8) is 0 Å². The molecule has 0 aliphatic carbocycles. The Labute approximate surface area is 168 Å². The Morgan fingerprint density at radius 1 is 1.03 bits per heavy atom. The van der Waals surface area contributed by atoms with Crippen LogP contribution in [0.1, 0.15) is 27.3 Å². The number of para-hydroxylation sites is 1. The molecule has 0 aliphatic heterocycles. The van der Waals surface area contributed by atoms with E-state index in [1.165, 1.54) is 10.7 Å². The molecule has 0 aliphatic rings. The SMILES string of the molecule is Cc1ccc(CNC(=O)COC(=O)c2nn(-c3ccccc3)c(C)cc2=O)cc1. The molecule has 3 aromatic rings. The smallest absolute Gasteiger partial charge is 0.363 e. The van der Waals surface area contributed by atoms with Gasteiger partial charge in [0.2, 0.25) is 11.1 Å². The van der Waals surface area contributed by atoms with E-state index in [0.29, 0.717) is 17.9 Å². The Morgan fingerprint density at radius 2 is 1.72 bits per heavy atom. The van der Waals surface area contributed by atoms with E-state index in [1.54, 1.807) is 19.1 Å². The van der Waals surface area contributed by atoms with Gasteiger partial charge in [-0.15, -0.1) is 0 Å². The van der Waals surface area contributed by atoms with Crippen LogP contribution in [0.15, 0.2) is 65.5 Å². The summed E-state index contributed by atoms with van der Waals surface area (Å²) in [5.74, 6) is -1.40. The summed E-state index contributed by atoms with van der Waals surface area (Å²) >= 11 is 0. The predicted octanol–water partition coefficient (Wildman–Crippen LogP) is 2.32. The normalized spacial score (nSPS) is 10.4. The number of hydrogen-bond acceptors (Lipinski definition) is 5. The topological polar surface area (TPSA) is 90.3 Å². The molecule has 0 bridgehead atoms. The van der Waals surface area contributed by atoms with Gasteiger partial charge in [-0.2, -0.15) is 5.10 Å². The van der Waals surface area contributed by atoms with E-state index in [2.05, 4.69) is 10.4 Å². The van der Waals surface area contributed by atoms with Gasteiger partial charge in [-0.05, 0) is 31.5 Å². The van der Waals surface area contributed by atoms with E-state index in [4.69, 9.17) is 4.74 Å². The van der Waals surface area contributed by atoms with Gasteiger partial charge in [0.05, 0.1) is 5.69 Å². The predicted molar refractivity (Wildman–Crippen MR) is 108 cm³/mol. The Hall–Kier alpha value is -3.74. The molecule has 0 fully saturated rings. The van der Waals surface area contributed by atoms with Crippen LogP contribution in [0.3, 0.4) is 0 Å². The molecule has 1 N–H and O–H groups in total. The minimum atomic E-state index is -0.940. The minimum Gasteiger partial charge on any atom is -0.451 e. The van der Waals surface area contributed by atoms with Gasteiger partial charge >= 0.3 is 5.97 Å². The van der Waals surface area contributed by atoms with Crippen molar-refractivity contribution in [1.29, 1.82) is 0 Å². The molecule has 7 nitrogen and oxygen atoms in total. The Kier molecular flexibility index (Phi) is 6.19. The van der Waals surface area contributed by atoms with E-state index >= 15 is 0 Å². The van der Waals surface area contributed by atoms with Crippen molar-refractivity contribution >= 4 is 11.9 Å². The van der Waals surface area contributed by atoms with E-state index < -0.39 is 23.9 Å². The minimum absolute atomic E-state index is 0.320. The monoisotopic (exact) mass is 391 g/mol. The zero-order chi connectivity index (χ0) is 20.8. The summed E-state index contributed by atoms with van der Waals surface area (Å²) < 4.78 is 6.46. The lowest BCUT2D eigenvalue weighted by Gasteiger charge is -2.11. The molecule has 148 valence electrons. The summed E-state index contributed by atoms with van der Waals surface area (Å²) in [6.07, 6.45) is 0. The second-order valence-corrected chi connectivity index (χ2v) is 6.58. The highest BCUT2D eigenvalue weighted by atomic mass is 16.5. The number of ether oxygens (including phenoxy) is 1. The van der Waals surface area contributed by atoms with Crippen molar-refractivity contribution < 1.29 is 14.3 Å². The lowest BCUT2D eigenvalue weighted by molar-refractivity contribution is -0.124. The molecule has 1 amide bonds. The first-order valence-electron chi connectivity index (χ1n) is 9.10. The molecule has 0 saturated heterocycles. The van der Waals surface area contributed by atoms with Crippen LogP contribution in [-0.2, 0) is 16.1 Å². The third-order valence-corrected chi connectivity index (χ3v) is 4.25. The molecule has 29 heavy (non-hydrogen) atoms. The van der Waals surface area contributed by atoms with Crippen molar-refractivity contribution in [1.82, 2.24) is 15.1 Å². The number of benzene rings is 2. The van der Waals surface area contributed by atoms with Gasteiger partial charge < -0.3 is 10.1 Å². The molecule has 0 spiro atoms. The third-order valence-electron chi connectivity index (χ3n) is 4.25. The van der Waals surface area contributed by atoms with Crippen LogP contribution < -0.4 is 10.7 Å². The second-order valence-electron chi connectivity index (χ2n) is 6.58. The fourth-order valence-corrected chi connectivity index (χ4v) is 2.68. The van der Waals surface area contributed by atoms with Crippen LogP contribution in [0.2, 0.25) is 0 Å². The lowest BCUT2D eigenvalue weighted by Crippen LogP contribution is -2.30. The van der Waals surface area contributed by atoms with Gasteiger partial charge in [0, 0.05) is 18.3 Å². The van der Waals surface area contributed by atoms with E-state index in [-0.39, 0.29) is 5.69 Å². The van der Waals surface area contributed by atoms with Crippen LogP contribution in [-0.4, -0.2) is 28.3 Å². The molecular formula is C22H21N3O4. The van der Waals surface area contributed by atoms with E-state index in [0.717, 1.165) is 11.1 Å². The number of amides is 1. The first kappa shape index (κ1) is 20.0. The summed E-state index contributed by atoms with van der Waals surface area (Å²) in [5, 5.41) is 6.79. The van der Waals surface area contributed by atoms with E-state index in [1.807, 2.05) is 49.4 Å². The van der Waals surface area contributed by atoms with Gasteiger partial charge in [0.15, 0.2) is 6.61 Å². The molecule has 2 aromatic carbocycles. The molecule has 3 rings (SSSR count). The number of aromatic nitrogens is 2. The van der Waals surface area contributed by atoms with Crippen molar-refractivity contribution in [2.24, 2.45) is 0 Å². The van der Waals surface area contributed by atoms with Gasteiger partial charge in [-0.25, -0.2) is 9.48 Å². The fraction of sp³-hybridized carbons (Fsp3) is 0.182. The highest BCUT2D eigenvalue weighted by Gasteiger charge is 2.18. The van der Waals surface area contributed by atoms with Crippen LogP contribution in [0.25, 0.3) is 5.69 Å². The number of nitrogens with one attached hydrogen (secondary N) is 1. The largest absolute Gasteiger partial charge is 0.451 e. The van der Waals surface area contributed by atoms with Crippen molar-refractivity contribution in [3.8, 4) is 5.69 Å². The van der Waals surface area contributed by atoms with Crippen molar-refractivity contribution in [3.05, 3.63) is 93.4 Å². The standard InChI is InChI=1S/C22H21N3O4/c1-15-8-10-17(11-9-15)13-23-20(27)14-29-22(28)21-19(26)12-16(2)25(24-21)18-6-4-3-5-7-18/h3-12H,13-14H2,1-2H3,(H,23,27). The number of carbonyl (C=O) groups excluding carboxylic acids is 2. The summed E-state index contributed by atoms with van der Waals surface area (Å²) in [5.41, 5.74) is 2.41. The van der Waals surface area contributed by atoms with Crippen molar-refractivity contribution in [2.45, 2.75) is 20.4 Å². The number of carbonyl (C=O) groups is 2. The summed E-state index contributed by atoms with van der Waals surface area (Å²) in [7, 11) is 0. The first-order chi connectivity index (χ1) is 13.9. The summed E-state index contributed by atoms with van der Waals surface area (Å²) in [6, 6.07) is 18.1. The Morgan fingerprint density at radius 3 is 2.41 bits per heavy atom. The lowest BCUT2D eigenvalue weighted by atomic mass is 10.1. The molecule has 7 heteroatoms. The molecule has 0 saturated carbocycles. The van der Waals surface area contributed by atoms with E-state index in [9.17, 15) is 14.4 Å². The fourth-order valence-electron chi connectivity index (χ4n) is 2.68. The van der Waals surface area contributed by atoms with Gasteiger partial charge in [-0.3, -0.25) is 9.59 Å². The number of hydrogen-bond donors (Lipinski definition) is 1. The van der Waals surface area contributed by atoms with Crippen LogP contribution in [0, 0.1) is 13.8 Å². The molecule has 1 aromatic heterocycles. The van der Waals surface area contributed by atoms with Gasteiger partial charge in [0.25, 0.3) is 5.91 Å². The molecule has 0 atom stereocenters. The molecule has 0 unspecified atom stereocenters. The Bertz CT molecular complexity index is 1070. The maximum absolute atomic E-state index is 12.3. The molecule has 0 radical (unpaired) electrons. The zero-order valence-electron chi connectivity index (χ0n) is 16.2. The number of rotatable bonds is 6. The highest BCUT2D eigenvalue weighted by Crippen LogP contribution is 2.08. The number of nitrogens with zero attached hydrogens (tertiary/aromatic N) is 2. The average Bonchev–Trinajstić information content (AvgIpc) is 2.72. The summed E-state index contributed by atoms with van der Waals surface area (Å²) in [4.78, 5) is 36.4. The van der Waals surface area contributed by atoms with Crippen LogP contribution >= 0.6 is 0 Å². The zero-order valence-corrected chi connectivity index (χ0v) is 16.2. The van der Waals surface area contributed by atoms with Crippen molar-refractivity contribution in [2.75, 3.05) is 6.61 Å². The maximum atomic E-state index is 12.3. The Balaban J connectivity index is 1.63. The third kappa shape index (κ3) is 5.16. The second kappa shape index (κ2) is 8.97. The highest BCUT2D eigenvalue weighted by molar-refractivity contribution is 5.89. The van der Waals surface area contributed by atoms with Crippen LogP contribution in [0.4, 0.5) is 0 Å². The van der Waals surface area contributed by atoms with Gasteiger partial charge in [0.1, 0.15) is 0 Å². The first-order valence-corrected chi connectivity index (χ1v) is 9.10. The molecular weight excluding hydrogens is 370 g/mol. The summed E-state index contributed by atoms with van der Waals surface area (Å²) in [6.45, 7) is 3.52. The molecule has 1 heterocycles. The number of esters is 1. The maximum Gasteiger partial charge on any atom is 0.363 e. The average molecular weight is 391 g/mol. The number of aryl methyl sites for hydroxylation is 2. The van der Waals surface area contributed by atoms with Crippen LogP contribution in [0.5, 0.6) is 0 Å². The quantitative estimate of drug-likeness (QED) is 0.652.